The van der Waals surface area contributed by atoms with Gasteiger partial charge >= 0.3 is 18.0 Å². The summed E-state index contributed by atoms with van der Waals surface area (Å²) in [6.45, 7) is 0. The highest BCUT2D eigenvalue weighted by atomic mass is 127. The number of hydrogen-bond acceptors (Lipinski definition) is 0. The molecular formula is C9H10F7I. The van der Waals surface area contributed by atoms with Gasteiger partial charge in [0.2, 0.25) is 0 Å². The standard InChI is InChI=1S/C9H10F7I/c10-7(11,8(12,13)9(14,15)16)5-3-1-2-4-6(5)17/h5-6H,1-4H2. The van der Waals surface area contributed by atoms with E-state index in [1.54, 1.807) is 0 Å². The van der Waals surface area contributed by atoms with Gasteiger partial charge in [0, 0.05) is 9.84 Å². The molecule has 1 aliphatic carbocycles. The van der Waals surface area contributed by atoms with Crippen molar-refractivity contribution < 1.29 is 30.7 Å². The molecule has 0 saturated heterocycles. The molecule has 0 N–H and O–H groups in total. The van der Waals surface area contributed by atoms with E-state index >= 15 is 0 Å². The van der Waals surface area contributed by atoms with E-state index in [4.69, 9.17) is 0 Å². The molecule has 8 heteroatoms. The summed E-state index contributed by atoms with van der Waals surface area (Å²) in [5.41, 5.74) is 0. The van der Waals surface area contributed by atoms with Crippen LogP contribution >= 0.6 is 22.6 Å². The van der Waals surface area contributed by atoms with Crippen LogP contribution in [0, 0.1) is 5.92 Å². The monoisotopic (exact) mass is 378 g/mol. The molecule has 0 heterocycles. The van der Waals surface area contributed by atoms with Gasteiger partial charge in [0.1, 0.15) is 0 Å². The minimum Gasteiger partial charge on any atom is -0.199 e. The van der Waals surface area contributed by atoms with Crippen LogP contribution in [-0.4, -0.2) is 21.9 Å². The van der Waals surface area contributed by atoms with Crippen molar-refractivity contribution in [3.63, 3.8) is 0 Å². The van der Waals surface area contributed by atoms with Crippen LogP contribution in [0.1, 0.15) is 25.7 Å². The fourth-order valence-electron chi connectivity index (χ4n) is 1.92. The average molecular weight is 378 g/mol. The average Bonchev–Trinajstić information content (AvgIpc) is 2.16. The van der Waals surface area contributed by atoms with Crippen molar-refractivity contribution >= 4 is 22.6 Å². The second-order valence-electron chi connectivity index (χ2n) is 4.10. The summed E-state index contributed by atoms with van der Waals surface area (Å²) in [7, 11) is 0. The lowest BCUT2D eigenvalue weighted by atomic mass is 9.82. The molecule has 0 spiro atoms. The SMILES string of the molecule is FC(F)(F)C(F)(F)C(F)(F)C1CCCCC1I. The molecule has 102 valence electrons. The van der Waals surface area contributed by atoms with Gasteiger partial charge in [-0.2, -0.15) is 30.7 Å². The van der Waals surface area contributed by atoms with Crippen molar-refractivity contribution in [3.05, 3.63) is 0 Å². The largest absolute Gasteiger partial charge is 0.459 e. The topological polar surface area (TPSA) is 0 Å². The third kappa shape index (κ3) is 2.65. The Labute approximate surface area is 107 Å². The normalized spacial score (nSPS) is 28.2. The lowest BCUT2D eigenvalue weighted by Gasteiger charge is -2.38. The molecule has 0 bridgehead atoms. The van der Waals surface area contributed by atoms with Crippen molar-refractivity contribution in [2.75, 3.05) is 0 Å². The Balaban J connectivity index is 3.00. The molecule has 0 aromatic heterocycles. The van der Waals surface area contributed by atoms with Crippen LogP contribution in [0.3, 0.4) is 0 Å². The van der Waals surface area contributed by atoms with E-state index in [9.17, 15) is 30.7 Å². The van der Waals surface area contributed by atoms with Crippen LogP contribution in [-0.2, 0) is 0 Å². The van der Waals surface area contributed by atoms with E-state index in [1.807, 2.05) is 0 Å². The Morgan fingerprint density at radius 3 is 1.71 bits per heavy atom. The molecule has 1 aliphatic rings. The minimum absolute atomic E-state index is 0.245. The smallest absolute Gasteiger partial charge is 0.199 e. The van der Waals surface area contributed by atoms with E-state index in [0.717, 1.165) is 0 Å². The fraction of sp³-hybridized carbons (Fsp3) is 1.00. The number of rotatable bonds is 2. The van der Waals surface area contributed by atoms with Crippen molar-refractivity contribution in [1.82, 2.24) is 0 Å². The zero-order valence-corrected chi connectivity index (χ0v) is 10.7. The van der Waals surface area contributed by atoms with Crippen LogP contribution < -0.4 is 0 Å². The van der Waals surface area contributed by atoms with Gasteiger partial charge < -0.3 is 0 Å². The Kier molecular flexibility index (Phi) is 4.26. The number of halogens is 8. The summed E-state index contributed by atoms with van der Waals surface area (Å²) in [4.78, 5) is 0. The molecule has 17 heavy (non-hydrogen) atoms. The molecule has 0 amide bonds. The fourth-order valence-corrected chi connectivity index (χ4v) is 3.17. The highest BCUT2D eigenvalue weighted by Gasteiger charge is 2.75. The Morgan fingerprint density at radius 2 is 1.29 bits per heavy atom. The Hall–Kier alpha value is 0.240. The molecule has 1 rings (SSSR count). The van der Waals surface area contributed by atoms with E-state index in [2.05, 4.69) is 0 Å². The molecule has 2 unspecified atom stereocenters. The Morgan fingerprint density at radius 1 is 0.824 bits per heavy atom. The summed E-state index contributed by atoms with van der Waals surface area (Å²) in [5.74, 6) is -12.9. The molecule has 0 nitrogen and oxygen atoms in total. The van der Waals surface area contributed by atoms with E-state index in [0.29, 0.717) is 6.42 Å². The van der Waals surface area contributed by atoms with Crippen molar-refractivity contribution in [1.29, 1.82) is 0 Å². The first kappa shape index (κ1) is 15.3. The predicted molar refractivity (Wildman–Crippen MR) is 55.7 cm³/mol. The van der Waals surface area contributed by atoms with E-state index in [1.165, 1.54) is 22.6 Å². The van der Waals surface area contributed by atoms with Gasteiger partial charge in [-0.15, -0.1) is 0 Å². The summed E-state index contributed by atoms with van der Waals surface area (Å²) in [5, 5.41) is 0. The first-order valence-electron chi connectivity index (χ1n) is 4.98. The zero-order chi connectivity index (χ0) is 13.5. The predicted octanol–water partition coefficient (Wildman–Crippen LogP) is 4.81. The lowest BCUT2D eigenvalue weighted by Crippen LogP contribution is -2.57. The van der Waals surface area contributed by atoms with E-state index in [-0.39, 0.29) is 19.3 Å². The summed E-state index contributed by atoms with van der Waals surface area (Å²) >= 11 is 1.53. The van der Waals surface area contributed by atoms with Crippen LogP contribution in [0.25, 0.3) is 0 Å². The maximum absolute atomic E-state index is 13.4. The molecule has 0 radical (unpaired) electrons. The first-order chi connectivity index (χ1) is 7.52. The summed E-state index contributed by atoms with van der Waals surface area (Å²) in [6.07, 6.45) is -5.43. The Bertz CT molecular complexity index is 273. The number of alkyl halides is 8. The highest BCUT2D eigenvalue weighted by molar-refractivity contribution is 14.1. The molecular weight excluding hydrogens is 368 g/mol. The van der Waals surface area contributed by atoms with Gasteiger partial charge in [-0.25, -0.2) is 0 Å². The second-order valence-corrected chi connectivity index (χ2v) is 5.70. The van der Waals surface area contributed by atoms with Crippen molar-refractivity contribution in [3.8, 4) is 0 Å². The lowest BCUT2D eigenvalue weighted by molar-refractivity contribution is -0.366. The van der Waals surface area contributed by atoms with Gasteiger partial charge in [-0.3, -0.25) is 0 Å². The molecule has 0 aromatic carbocycles. The van der Waals surface area contributed by atoms with Gasteiger partial charge in [0.25, 0.3) is 0 Å². The van der Waals surface area contributed by atoms with Gasteiger partial charge in [0.05, 0.1) is 0 Å². The summed E-state index contributed by atoms with van der Waals surface area (Å²) in [6, 6.07) is 0. The van der Waals surface area contributed by atoms with Crippen molar-refractivity contribution in [2.45, 2.75) is 47.6 Å². The van der Waals surface area contributed by atoms with Gasteiger partial charge in [-0.05, 0) is 12.8 Å². The van der Waals surface area contributed by atoms with E-state index < -0.39 is 27.9 Å². The van der Waals surface area contributed by atoms with Crippen LogP contribution in [0.2, 0.25) is 0 Å². The summed E-state index contributed by atoms with van der Waals surface area (Å²) < 4.78 is 87.4. The molecule has 1 saturated carbocycles. The molecule has 0 aliphatic heterocycles. The minimum atomic E-state index is -6.22. The molecule has 0 aromatic rings. The maximum atomic E-state index is 13.4. The maximum Gasteiger partial charge on any atom is 0.459 e. The van der Waals surface area contributed by atoms with Crippen LogP contribution in [0.4, 0.5) is 30.7 Å². The third-order valence-corrected chi connectivity index (χ3v) is 4.41. The first-order valence-corrected chi connectivity index (χ1v) is 6.23. The molecule has 2 atom stereocenters. The highest BCUT2D eigenvalue weighted by Crippen LogP contribution is 2.53. The van der Waals surface area contributed by atoms with Crippen molar-refractivity contribution in [2.24, 2.45) is 5.92 Å². The number of hydrogen-bond donors (Lipinski definition) is 0. The quantitative estimate of drug-likeness (QED) is 0.368. The zero-order valence-electron chi connectivity index (χ0n) is 8.51. The van der Waals surface area contributed by atoms with Crippen LogP contribution in [0.5, 0.6) is 0 Å². The third-order valence-electron chi connectivity index (χ3n) is 2.92. The molecule has 1 fully saturated rings. The van der Waals surface area contributed by atoms with Gasteiger partial charge in [-0.1, -0.05) is 35.4 Å². The second kappa shape index (κ2) is 4.73. The van der Waals surface area contributed by atoms with Gasteiger partial charge in [0.15, 0.2) is 0 Å². The van der Waals surface area contributed by atoms with Crippen LogP contribution in [0.15, 0.2) is 0 Å².